The normalized spacial score (nSPS) is 12.1. The van der Waals surface area contributed by atoms with E-state index in [1.807, 2.05) is 30.3 Å². The summed E-state index contributed by atoms with van der Waals surface area (Å²) in [6.45, 7) is 0. The molecule has 1 unspecified atom stereocenters. The molecule has 0 saturated heterocycles. The van der Waals surface area contributed by atoms with Crippen LogP contribution in [0.15, 0.2) is 34.7 Å². The fourth-order valence-electron chi connectivity index (χ4n) is 1.35. The number of nitrogens with one attached hydrogen (secondary N) is 1. The van der Waals surface area contributed by atoms with Gasteiger partial charge in [0.05, 0.1) is 0 Å². The highest BCUT2D eigenvalue weighted by molar-refractivity contribution is 8.01. The van der Waals surface area contributed by atoms with Crippen LogP contribution in [0.3, 0.4) is 0 Å². The average Bonchev–Trinajstić information content (AvgIpc) is 2.82. The molecule has 0 spiro atoms. The topological polar surface area (TPSA) is 107 Å². The molecule has 0 aliphatic carbocycles. The largest absolute Gasteiger partial charge is 0.374 e. The number of rotatable bonds is 4. The number of nitrogen functional groups attached to an aromatic ring is 1. The molecule has 0 saturated carbocycles. The summed E-state index contributed by atoms with van der Waals surface area (Å²) in [5.74, 6) is 4.91. The fraction of sp³-hybridized carbons (Fsp3) is 0.100. The smallest absolute Gasteiger partial charge is 0.251 e. The highest BCUT2D eigenvalue weighted by Gasteiger charge is 2.22. The third kappa shape index (κ3) is 2.97. The Balaban J connectivity index is 2.24. The third-order valence-electron chi connectivity index (χ3n) is 2.12. The number of carbonyl (C=O) groups excluding carboxylic acids is 1. The van der Waals surface area contributed by atoms with Crippen molar-refractivity contribution < 1.29 is 4.79 Å². The van der Waals surface area contributed by atoms with Crippen molar-refractivity contribution >= 4 is 34.1 Å². The van der Waals surface area contributed by atoms with Gasteiger partial charge < -0.3 is 5.73 Å². The van der Waals surface area contributed by atoms with E-state index in [4.69, 9.17) is 11.6 Å². The summed E-state index contributed by atoms with van der Waals surface area (Å²) in [6, 6.07) is 9.32. The van der Waals surface area contributed by atoms with Gasteiger partial charge in [-0.3, -0.25) is 10.2 Å². The maximum Gasteiger partial charge on any atom is 0.251 e. The molecule has 1 atom stereocenters. The van der Waals surface area contributed by atoms with E-state index in [-0.39, 0.29) is 5.91 Å². The molecule has 8 heteroatoms. The second-order valence-corrected chi connectivity index (χ2v) is 5.68. The number of anilines is 1. The van der Waals surface area contributed by atoms with Crippen LogP contribution in [0.2, 0.25) is 0 Å². The maximum atomic E-state index is 11.8. The van der Waals surface area contributed by atoms with Crippen molar-refractivity contribution in [1.29, 1.82) is 0 Å². The van der Waals surface area contributed by atoms with E-state index < -0.39 is 5.25 Å². The molecule has 18 heavy (non-hydrogen) atoms. The molecule has 0 aliphatic rings. The predicted octanol–water partition coefficient (Wildman–Crippen LogP) is 0.944. The van der Waals surface area contributed by atoms with Crippen LogP contribution in [-0.2, 0) is 4.79 Å². The van der Waals surface area contributed by atoms with Crippen LogP contribution in [0, 0.1) is 0 Å². The Morgan fingerprint density at radius 2 is 2.06 bits per heavy atom. The Bertz CT molecular complexity index is 530. The van der Waals surface area contributed by atoms with Crippen molar-refractivity contribution in [3.05, 3.63) is 35.9 Å². The van der Waals surface area contributed by atoms with E-state index in [1.165, 1.54) is 23.1 Å². The van der Waals surface area contributed by atoms with Gasteiger partial charge in [-0.1, -0.05) is 53.4 Å². The lowest BCUT2D eigenvalue weighted by molar-refractivity contribution is -0.120. The summed E-state index contributed by atoms with van der Waals surface area (Å²) in [7, 11) is 0. The van der Waals surface area contributed by atoms with Gasteiger partial charge in [-0.2, -0.15) is 0 Å². The van der Waals surface area contributed by atoms with Crippen molar-refractivity contribution in [2.24, 2.45) is 5.84 Å². The second-order valence-electron chi connectivity index (χ2n) is 3.32. The molecular formula is C10H11N5OS2. The van der Waals surface area contributed by atoms with Crippen LogP contribution < -0.4 is 17.0 Å². The standard InChI is InChI=1S/C10H11N5OS2/c11-9-14-15-10(18-9)17-7(8(16)13-12)6-4-2-1-3-5-6/h1-5,7H,12H2,(H2,11,14)(H,13,16). The molecule has 94 valence electrons. The molecule has 2 aromatic rings. The predicted molar refractivity (Wildman–Crippen MR) is 71.7 cm³/mol. The highest BCUT2D eigenvalue weighted by Crippen LogP contribution is 2.37. The molecule has 1 heterocycles. The van der Waals surface area contributed by atoms with Gasteiger partial charge in [-0.25, -0.2) is 5.84 Å². The van der Waals surface area contributed by atoms with Crippen molar-refractivity contribution in [2.45, 2.75) is 9.59 Å². The van der Waals surface area contributed by atoms with E-state index in [2.05, 4.69) is 15.6 Å². The first kappa shape index (κ1) is 12.8. The molecule has 1 amide bonds. The number of hydrazine groups is 1. The average molecular weight is 281 g/mol. The minimum absolute atomic E-state index is 0.292. The molecule has 0 radical (unpaired) electrons. The van der Waals surface area contributed by atoms with Crippen LogP contribution in [0.4, 0.5) is 5.13 Å². The Morgan fingerprint density at radius 1 is 1.33 bits per heavy atom. The van der Waals surface area contributed by atoms with E-state index >= 15 is 0 Å². The number of nitrogens with two attached hydrogens (primary N) is 2. The summed E-state index contributed by atoms with van der Waals surface area (Å²) in [5, 5.41) is 7.50. The van der Waals surface area contributed by atoms with Crippen molar-refractivity contribution in [3.63, 3.8) is 0 Å². The Kier molecular flexibility index (Phi) is 4.13. The maximum absolute atomic E-state index is 11.8. The van der Waals surface area contributed by atoms with Gasteiger partial charge in [0.1, 0.15) is 5.25 Å². The summed E-state index contributed by atoms with van der Waals surface area (Å²) < 4.78 is 0.630. The number of nitrogens with zero attached hydrogens (tertiary/aromatic N) is 2. The summed E-state index contributed by atoms with van der Waals surface area (Å²) >= 11 is 2.50. The lowest BCUT2D eigenvalue weighted by Crippen LogP contribution is -2.33. The van der Waals surface area contributed by atoms with E-state index in [9.17, 15) is 4.79 Å². The van der Waals surface area contributed by atoms with Gasteiger partial charge in [0.25, 0.3) is 5.91 Å². The molecule has 0 fully saturated rings. The van der Waals surface area contributed by atoms with Crippen LogP contribution in [0.25, 0.3) is 0 Å². The minimum atomic E-state index is -0.469. The number of thioether (sulfide) groups is 1. The molecule has 6 nitrogen and oxygen atoms in total. The lowest BCUT2D eigenvalue weighted by Gasteiger charge is -2.13. The Labute approximate surface area is 112 Å². The van der Waals surface area contributed by atoms with E-state index in [0.717, 1.165) is 5.56 Å². The Morgan fingerprint density at radius 3 is 2.61 bits per heavy atom. The highest BCUT2D eigenvalue weighted by atomic mass is 32.2. The first-order chi connectivity index (χ1) is 8.70. The molecule has 5 N–H and O–H groups in total. The van der Waals surface area contributed by atoms with Gasteiger partial charge in [0.2, 0.25) is 5.13 Å². The molecule has 1 aromatic carbocycles. The van der Waals surface area contributed by atoms with Crippen molar-refractivity contribution in [3.8, 4) is 0 Å². The lowest BCUT2D eigenvalue weighted by atomic mass is 10.1. The third-order valence-corrected chi connectivity index (χ3v) is 4.21. The zero-order valence-electron chi connectivity index (χ0n) is 9.24. The minimum Gasteiger partial charge on any atom is -0.374 e. The van der Waals surface area contributed by atoms with Crippen LogP contribution in [0.5, 0.6) is 0 Å². The Hall–Kier alpha value is -1.64. The van der Waals surface area contributed by atoms with Crippen LogP contribution in [-0.4, -0.2) is 16.1 Å². The second kappa shape index (κ2) is 5.80. The molecule has 2 rings (SSSR count). The summed E-state index contributed by atoms with van der Waals surface area (Å²) in [5.41, 5.74) is 8.51. The quantitative estimate of drug-likeness (QED) is 0.333. The van der Waals surface area contributed by atoms with Gasteiger partial charge in [-0.05, 0) is 5.56 Å². The van der Waals surface area contributed by atoms with Crippen molar-refractivity contribution in [1.82, 2.24) is 15.6 Å². The van der Waals surface area contributed by atoms with Crippen LogP contribution in [0.1, 0.15) is 10.8 Å². The first-order valence-electron chi connectivity index (χ1n) is 5.01. The molecular weight excluding hydrogens is 270 g/mol. The first-order valence-corrected chi connectivity index (χ1v) is 6.71. The fourth-order valence-corrected chi connectivity index (χ4v) is 3.18. The molecule has 1 aromatic heterocycles. The van der Waals surface area contributed by atoms with E-state index in [1.54, 1.807) is 0 Å². The summed E-state index contributed by atoms with van der Waals surface area (Å²) in [4.78, 5) is 11.8. The SMILES string of the molecule is NNC(=O)C(Sc1nnc(N)s1)c1ccccc1. The zero-order valence-corrected chi connectivity index (χ0v) is 10.9. The van der Waals surface area contributed by atoms with Gasteiger partial charge in [0.15, 0.2) is 4.34 Å². The summed E-state index contributed by atoms with van der Waals surface area (Å²) in [6.07, 6.45) is 0. The number of benzene rings is 1. The van der Waals surface area contributed by atoms with Gasteiger partial charge >= 0.3 is 0 Å². The van der Waals surface area contributed by atoms with Crippen molar-refractivity contribution in [2.75, 3.05) is 5.73 Å². The monoisotopic (exact) mass is 281 g/mol. The number of aromatic nitrogens is 2. The number of hydrogen-bond acceptors (Lipinski definition) is 7. The number of amides is 1. The van der Waals surface area contributed by atoms with Crippen LogP contribution >= 0.6 is 23.1 Å². The van der Waals surface area contributed by atoms with Gasteiger partial charge in [-0.15, -0.1) is 10.2 Å². The van der Waals surface area contributed by atoms with Gasteiger partial charge in [0, 0.05) is 0 Å². The zero-order chi connectivity index (χ0) is 13.0. The number of carbonyl (C=O) groups is 1. The van der Waals surface area contributed by atoms with E-state index in [0.29, 0.717) is 9.47 Å². The molecule has 0 aliphatic heterocycles. The molecule has 0 bridgehead atoms. The number of hydrogen-bond donors (Lipinski definition) is 3.